The molecular formula is C15H23N7O3. The number of rotatable bonds is 6. The largest absolute Gasteiger partial charge is 0.387 e. The molecule has 3 heterocycles. The SMILES string of the molecule is CN(CC=CCN)C[C@H]1O[C@@H](n2cnc3c(N)ncnc32)C(O)C1O. The summed E-state index contributed by atoms with van der Waals surface area (Å²) in [7, 11) is 1.90. The predicted octanol–water partition coefficient (Wildman–Crippen LogP) is -1.53. The molecule has 6 N–H and O–H groups in total. The quantitative estimate of drug-likeness (QED) is 0.456. The highest BCUT2D eigenvalue weighted by molar-refractivity contribution is 5.81. The highest BCUT2D eigenvalue weighted by atomic mass is 16.6. The van der Waals surface area contributed by atoms with E-state index in [9.17, 15) is 10.2 Å². The van der Waals surface area contributed by atoms with Crippen molar-refractivity contribution in [3.8, 4) is 0 Å². The van der Waals surface area contributed by atoms with Crippen LogP contribution in [0.3, 0.4) is 0 Å². The third-order valence-electron chi connectivity index (χ3n) is 4.21. The fourth-order valence-electron chi connectivity index (χ4n) is 2.90. The molecule has 0 radical (unpaired) electrons. The average molecular weight is 349 g/mol. The van der Waals surface area contributed by atoms with Crippen molar-refractivity contribution in [3.05, 3.63) is 24.8 Å². The Balaban J connectivity index is 1.75. The zero-order valence-corrected chi connectivity index (χ0v) is 13.9. The summed E-state index contributed by atoms with van der Waals surface area (Å²) in [5.74, 6) is 0.250. The summed E-state index contributed by atoms with van der Waals surface area (Å²) >= 11 is 0. The lowest BCUT2D eigenvalue weighted by Crippen LogP contribution is -2.38. The topological polar surface area (TPSA) is 149 Å². The number of nitrogens with zero attached hydrogens (tertiary/aromatic N) is 5. The number of nitrogen functional groups attached to an aromatic ring is 1. The number of ether oxygens (including phenoxy) is 1. The number of imidazole rings is 1. The van der Waals surface area contributed by atoms with Gasteiger partial charge in [-0.15, -0.1) is 0 Å². The summed E-state index contributed by atoms with van der Waals surface area (Å²) in [5, 5.41) is 20.8. The molecule has 0 saturated carbocycles. The van der Waals surface area contributed by atoms with Gasteiger partial charge in [0.2, 0.25) is 0 Å². The van der Waals surface area contributed by atoms with Gasteiger partial charge in [-0.3, -0.25) is 4.57 Å². The number of anilines is 1. The van der Waals surface area contributed by atoms with Gasteiger partial charge in [0.1, 0.15) is 30.2 Å². The van der Waals surface area contributed by atoms with Crippen LogP contribution >= 0.6 is 0 Å². The van der Waals surface area contributed by atoms with Gasteiger partial charge < -0.3 is 31.3 Å². The Morgan fingerprint density at radius 3 is 2.84 bits per heavy atom. The lowest BCUT2D eigenvalue weighted by Gasteiger charge is -2.21. The van der Waals surface area contributed by atoms with Gasteiger partial charge in [-0.1, -0.05) is 12.2 Å². The Labute approximate surface area is 144 Å². The van der Waals surface area contributed by atoms with Crippen molar-refractivity contribution in [2.45, 2.75) is 24.5 Å². The molecule has 3 rings (SSSR count). The van der Waals surface area contributed by atoms with Gasteiger partial charge in [-0.2, -0.15) is 0 Å². The molecule has 4 atom stereocenters. The first kappa shape index (κ1) is 17.7. The van der Waals surface area contributed by atoms with Crippen LogP contribution in [-0.4, -0.2) is 79.6 Å². The molecule has 1 aliphatic rings. The average Bonchev–Trinajstić information content (AvgIpc) is 3.13. The van der Waals surface area contributed by atoms with Crippen LogP contribution in [0.5, 0.6) is 0 Å². The molecule has 2 unspecified atom stereocenters. The second-order valence-electron chi connectivity index (χ2n) is 6.06. The van der Waals surface area contributed by atoms with Crippen molar-refractivity contribution in [1.29, 1.82) is 0 Å². The number of aliphatic hydroxyl groups excluding tert-OH is 2. The van der Waals surface area contributed by atoms with Crippen LogP contribution in [0.15, 0.2) is 24.8 Å². The molecule has 0 bridgehead atoms. The molecule has 1 aliphatic heterocycles. The molecule has 0 aliphatic carbocycles. The van der Waals surface area contributed by atoms with Crippen molar-refractivity contribution >= 4 is 17.0 Å². The Morgan fingerprint density at radius 2 is 2.08 bits per heavy atom. The molecule has 0 aromatic carbocycles. The summed E-state index contributed by atoms with van der Waals surface area (Å²) in [6.07, 6.45) is 3.13. The van der Waals surface area contributed by atoms with Crippen molar-refractivity contribution in [2.24, 2.45) is 5.73 Å². The van der Waals surface area contributed by atoms with Gasteiger partial charge in [-0.25, -0.2) is 15.0 Å². The predicted molar refractivity (Wildman–Crippen MR) is 91.4 cm³/mol. The Bertz CT molecular complexity index is 750. The second-order valence-corrected chi connectivity index (χ2v) is 6.06. The number of fused-ring (bicyclic) bond motifs is 1. The summed E-state index contributed by atoms with van der Waals surface area (Å²) in [6, 6.07) is 0. The van der Waals surface area contributed by atoms with Gasteiger partial charge >= 0.3 is 0 Å². The van der Waals surface area contributed by atoms with Gasteiger partial charge in [0.15, 0.2) is 17.7 Å². The van der Waals surface area contributed by atoms with Crippen molar-refractivity contribution in [1.82, 2.24) is 24.4 Å². The normalized spacial score (nSPS) is 27.1. The number of hydrogen-bond donors (Lipinski definition) is 4. The van der Waals surface area contributed by atoms with E-state index in [-0.39, 0.29) is 5.82 Å². The second kappa shape index (κ2) is 7.42. The third kappa shape index (κ3) is 3.48. The van der Waals surface area contributed by atoms with Gasteiger partial charge in [0.25, 0.3) is 0 Å². The van der Waals surface area contributed by atoms with Crippen molar-refractivity contribution in [2.75, 3.05) is 32.4 Å². The highest BCUT2D eigenvalue weighted by Gasteiger charge is 2.44. The maximum absolute atomic E-state index is 10.4. The van der Waals surface area contributed by atoms with Crippen LogP contribution < -0.4 is 11.5 Å². The minimum atomic E-state index is -1.11. The zero-order chi connectivity index (χ0) is 18.0. The van der Waals surface area contributed by atoms with E-state index in [1.165, 1.54) is 12.7 Å². The Hall–Kier alpha value is -2.11. The van der Waals surface area contributed by atoms with Crippen LogP contribution in [0.4, 0.5) is 5.82 Å². The molecule has 136 valence electrons. The molecule has 0 spiro atoms. The van der Waals surface area contributed by atoms with E-state index in [1.807, 2.05) is 24.1 Å². The van der Waals surface area contributed by atoms with Gasteiger partial charge in [0.05, 0.1) is 6.33 Å². The first-order valence-corrected chi connectivity index (χ1v) is 8.01. The summed E-state index contributed by atoms with van der Waals surface area (Å²) in [6.45, 7) is 1.60. The number of hydrogen-bond acceptors (Lipinski definition) is 9. The van der Waals surface area contributed by atoms with Crippen LogP contribution in [-0.2, 0) is 4.74 Å². The van der Waals surface area contributed by atoms with Crippen molar-refractivity contribution < 1.29 is 14.9 Å². The first-order valence-electron chi connectivity index (χ1n) is 8.01. The molecule has 0 amide bonds. The minimum absolute atomic E-state index is 0.250. The lowest BCUT2D eigenvalue weighted by molar-refractivity contribution is -0.0414. The molecule has 1 fully saturated rings. The first-order chi connectivity index (χ1) is 12.0. The highest BCUT2D eigenvalue weighted by Crippen LogP contribution is 2.32. The standard InChI is InChI=1S/C15H23N7O3/c1-21(5-3-2-4-16)6-9-11(23)12(24)15(25-9)22-8-20-10-13(17)18-7-19-14(10)22/h2-3,7-9,11-12,15,23-24H,4-6,16H2,1H3,(H2,17,18,19)/t9-,11?,12?,15-/m1/s1. The monoisotopic (exact) mass is 349 g/mol. The Morgan fingerprint density at radius 1 is 1.28 bits per heavy atom. The zero-order valence-electron chi connectivity index (χ0n) is 13.9. The number of likely N-dealkylation sites (N-methyl/N-ethyl adjacent to an activating group) is 1. The van der Waals surface area contributed by atoms with E-state index in [0.29, 0.717) is 30.8 Å². The maximum atomic E-state index is 10.4. The summed E-state index contributed by atoms with van der Waals surface area (Å²) in [5.41, 5.74) is 12.1. The van der Waals surface area contributed by atoms with Gasteiger partial charge in [-0.05, 0) is 7.05 Å². The Kier molecular flexibility index (Phi) is 5.25. The molecule has 10 nitrogen and oxygen atoms in total. The number of aromatic nitrogens is 4. The number of nitrogens with two attached hydrogens (primary N) is 2. The van der Waals surface area contributed by atoms with E-state index in [1.54, 1.807) is 4.57 Å². The molecule has 10 heteroatoms. The smallest absolute Gasteiger partial charge is 0.167 e. The third-order valence-corrected chi connectivity index (χ3v) is 4.21. The lowest BCUT2D eigenvalue weighted by atomic mass is 10.1. The van der Waals surface area contributed by atoms with Gasteiger partial charge in [0, 0.05) is 19.6 Å². The fourth-order valence-corrected chi connectivity index (χ4v) is 2.90. The van der Waals surface area contributed by atoms with E-state index in [0.717, 1.165) is 0 Å². The molecule has 2 aromatic heterocycles. The van der Waals surface area contributed by atoms with E-state index in [2.05, 4.69) is 15.0 Å². The molecular weight excluding hydrogens is 326 g/mol. The van der Waals surface area contributed by atoms with E-state index >= 15 is 0 Å². The van der Waals surface area contributed by atoms with Crippen LogP contribution in [0.1, 0.15) is 6.23 Å². The van der Waals surface area contributed by atoms with E-state index in [4.69, 9.17) is 16.2 Å². The number of aliphatic hydroxyl groups is 2. The maximum Gasteiger partial charge on any atom is 0.167 e. The molecule has 1 saturated heterocycles. The summed E-state index contributed by atoms with van der Waals surface area (Å²) in [4.78, 5) is 14.2. The fraction of sp³-hybridized carbons (Fsp3) is 0.533. The van der Waals surface area contributed by atoms with Crippen LogP contribution in [0.2, 0.25) is 0 Å². The molecule has 25 heavy (non-hydrogen) atoms. The molecule has 2 aromatic rings. The van der Waals surface area contributed by atoms with Crippen molar-refractivity contribution in [3.63, 3.8) is 0 Å². The van der Waals surface area contributed by atoms with Crippen LogP contribution in [0, 0.1) is 0 Å². The minimum Gasteiger partial charge on any atom is -0.387 e. The van der Waals surface area contributed by atoms with E-state index < -0.39 is 24.5 Å². The summed E-state index contributed by atoms with van der Waals surface area (Å²) < 4.78 is 7.45. The van der Waals surface area contributed by atoms with Crippen LogP contribution in [0.25, 0.3) is 11.2 Å².